The maximum atomic E-state index is 11.7. The van der Waals surface area contributed by atoms with E-state index in [1.165, 1.54) is 26.3 Å². The van der Waals surface area contributed by atoms with Crippen molar-refractivity contribution in [2.24, 2.45) is 5.41 Å². The molecule has 1 heterocycles. The summed E-state index contributed by atoms with van der Waals surface area (Å²) in [4.78, 5) is 34.6. The van der Waals surface area contributed by atoms with Crippen LogP contribution in [0.5, 0.6) is 5.75 Å². The second-order valence-electron chi connectivity index (χ2n) is 10.5. The zero-order valence-corrected chi connectivity index (χ0v) is 22.9. The third-order valence-electron chi connectivity index (χ3n) is 5.73. The van der Waals surface area contributed by atoms with Crippen LogP contribution < -0.4 is 4.74 Å². The van der Waals surface area contributed by atoms with Crippen molar-refractivity contribution in [1.29, 1.82) is 0 Å². The predicted molar refractivity (Wildman–Crippen MR) is 136 cm³/mol. The van der Waals surface area contributed by atoms with Crippen molar-refractivity contribution in [2.45, 2.75) is 98.2 Å². The Bertz CT molecular complexity index is 859. The highest BCUT2D eigenvalue weighted by Gasteiger charge is 2.44. The third kappa shape index (κ3) is 12.4. The van der Waals surface area contributed by atoms with E-state index in [0.29, 0.717) is 13.2 Å². The van der Waals surface area contributed by atoms with E-state index in [2.05, 4.69) is 32.9 Å². The van der Waals surface area contributed by atoms with Gasteiger partial charge in [-0.3, -0.25) is 14.4 Å². The molecule has 9 heteroatoms. The van der Waals surface area contributed by atoms with Gasteiger partial charge < -0.3 is 28.4 Å². The molecule has 2 rings (SSSR count). The smallest absolute Gasteiger partial charge is 0.303 e. The summed E-state index contributed by atoms with van der Waals surface area (Å²) in [5.74, 6) is -0.632. The van der Waals surface area contributed by atoms with Crippen molar-refractivity contribution in [1.82, 2.24) is 0 Å². The largest absolute Gasteiger partial charge is 0.494 e. The van der Waals surface area contributed by atoms with Gasteiger partial charge in [-0.15, -0.1) is 0 Å². The fraction of sp³-hybridized carbons (Fsp3) is 0.679. The van der Waals surface area contributed by atoms with Crippen molar-refractivity contribution in [3.63, 3.8) is 0 Å². The predicted octanol–water partition coefficient (Wildman–Crippen LogP) is 4.38. The molecule has 0 N–H and O–H groups in total. The molecule has 4 atom stereocenters. The van der Waals surface area contributed by atoms with E-state index in [1.54, 1.807) is 0 Å². The Morgan fingerprint density at radius 1 is 0.919 bits per heavy atom. The highest BCUT2D eigenvalue weighted by Crippen LogP contribution is 2.27. The van der Waals surface area contributed by atoms with Crippen LogP contribution in [0.15, 0.2) is 24.3 Å². The minimum absolute atomic E-state index is 0.0182. The maximum absolute atomic E-state index is 11.7. The summed E-state index contributed by atoms with van der Waals surface area (Å²) in [6.45, 7) is 11.5. The molecule has 1 saturated heterocycles. The van der Waals surface area contributed by atoms with Crippen LogP contribution in [0.1, 0.15) is 72.8 Å². The van der Waals surface area contributed by atoms with Gasteiger partial charge in [-0.25, -0.2) is 0 Å². The summed E-state index contributed by atoms with van der Waals surface area (Å²) in [6.07, 6.45) is 0.482. The van der Waals surface area contributed by atoms with Crippen LogP contribution in [-0.2, 0) is 44.5 Å². The van der Waals surface area contributed by atoms with Crippen LogP contribution in [0.4, 0.5) is 0 Å². The lowest BCUT2D eigenvalue weighted by Crippen LogP contribution is -2.54. The van der Waals surface area contributed by atoms with E-state index >= 15 is 0 Å². The van der Waals surface area contributed by atoms with Crippen molar-refractivity contribution in [2.75, 3.05) is 19.8 Å². The summed E-state index contributed by atoms with van der Waals surface area (Å²) in [5.41, 5.74) is 1.44. The molecule has 0 aliphatic carbocycles. The van der Waals surface area contributed by atoms with E-state index in [9.17, 15) is 14.4 Å². The van der Waals surface area contributed by atoms with Crippen LogP contribution in [0.25, 0.3) is 0 Å². The molecule has 1 aliphatic rings. The summed E-state index contributed by atoms with van der Waals surface area (Å²) >= 11 is 0. The van der Waals surface area contributed by atoms with Gasteiger partial charge in [0.15, 0.2) is 12.4 Å². The SMILES string of the molecule is CC(=O)OC[C@@H]1C[C@H](OC(C)=O)[C@@H](OC(C)=O)[C@H](OCCCCc2ccc(OCCC(C)(C)C)cc2)O1. The molecule has 1 fully saturated rings. The van der Waals surface area contributed by atoms with Gasteiger partial charge in [-0.05, 0) is 48.8 Å². The maximum Gasteiger partial charge on any atom is 0.303 e. The monoisotopic (exact) mass is 522 g/mol. The van der Waals surface area contributed by atoms with E-state index in [-0.39, 0.29) is 18.4 Å². The zero-order valence-electron chi connectivity index (χ0n) is 22.9. The molecule has 0 aromatic heterocycles. The average Bonchev–Trinajstić information content (AvgIpc) is 2.79. The second-order valence-corrected chi connectivity index (χ2v) is 10.5. The highest BCUT2D eigenvalue weighted by molar-refractivity contribution is 5.67. The second kappa shape index (κ2) is 14.9. The standard InChI is InChI=1S/C28H42O9/c1-19(29)34-18-24-17-25(35-20(2)30)26(36-21(3)31)27(37-24)33-15-8-7-9-22-10-12-23(13-11-22)32-16-14-28(4,5)6/h10-13,24-27H,7-9,14-18H2,1-6H3/t24-,25-,26+,27+/m0/s1. The Labute approximate surface area is 220 Å². The molecule has 37 heavy (non-hydrogen) atoms. The van der Waals surface area contributed by atoms with Crippen LogP contribution in [0.3, 0.4) is 0 Å². The van der Waals surface area contributed by atoms with Gasteiger partial charge in [-0.1, -0.05) is 32.9 Å². The number of carbonyl (C=O) groups is 3. The van der Waals surface area contributed by atoms with Crippen molar-refractivity contribution in [3.05, 3.63) is 29.8 Å². The molecule has 0 saturated carbocycles. The van der Waals surface area contributed by atoms with Gasteiger partial charge in [0.25, 0.3) is 0 Å². The van der Waals surface area contributed by atoms with E-state index < -0.39 is 42.5 Å². The molecule has 1 aliphatic heterocycles. The molecular weight excluding hydrogens is 480 g/mol. The number of unbranched alkanes of at least 4 members (excludes halogenated alkanes) is 1. The Balaban J connectivity index is 1.85. The molecule has 9 nitrogen and oxygen atoms in total. The number of ether oxygens (including phenoxy) is 6. The molecule has 1 aromatic carbocycles. The van der Waals surface area contributed by atoms with Gasteiger partial charge in [0.05, 0.1) is 12.7 Å². The average molecular weight is 523 g/mol. The fourth-order valence-electron chi connectivity index (χ4n) is 3.85. The molecule has 0 unspecified atom stereocenters. The number of hydrogen-bond acceptors (Lipinski definition) is 9. The summed E-state index contributed by atoms with van der Waals surface area (Å²) in [5, 5.41) is 0. The molecule has 0 amide bonds. The lowest BCUT2D eigenvalue weighted by atomic mass is 9.93. The molecule has 1 aromatic rings. The number of carbonyl (C=O) groups excluding carboxylic acids is 3. The van der Waals surface area contributed by atoms with Crippen LogP contribution >= 0.6 is 0 Å². The number of esters is 3. The summed E-state index contributed by atoms with van der Waals surface area (Å²) in [6, 6.07) is 8.12. The van der Waals surface area contributed by atoms with E-state index in [4.69, 9.17) is 28.4 Å². The number of benzene rings is 1. The highest BCUT2D eigenvalue weighted by atomic mass is 16.7. The topological polar surface area (TPSA) is 107 Å². The molecule has 0 spiro atoms. The Morgan fingerprint density at radius 3 is 2.19 bits per heavy atom. The van der Waals surface area contributed by atoms with Crippen molar-refractivity contribution < 1.29 is 42.8 Å². The fourth-order valence-corrected chi connectivity index (χ4v) is 3.85. The Hall–Kier alpha value is -2.65. The van der Waals surface area contributed by atoms with Crippen molar-refractivity contribution in [3.8, 4) is 5.75 Å². The summed E-state index contributed by atoms with van der Waals surface area (Å²) in [7, 11) is 0. The lowest BCUT2D eigenvalue weighted by Gasteiger charge is -2.39. The minimum Gasteiger partial charge on any atom is -0.494 e. The Morgan fingerprint density at radius 2 is 1.59 bits per heavy atom. The molecule has 0 radical (unpaired) electrons. The Kier molecular flexibility index (Phi) is 12.3. The first-order valence-corrected chi connectivity index (χ1v) is 12.9. The third-order valence-corrected chi connectivity index (χ3v) is 5.73. The molecule has 0 bridgehead atoms. The first kappa shape index (κ1) is 30.6. The lowest BCUT2D eigenvalue weighted by molar-refractivity contribution is -0.279. The van der Waals surface area contributed by atoms with Gasteiger partial charge >= 0.3 is 17.9 Å². The first-order valence-electron chi connectivity index (χ1n) is 12.9. The minimum atomic E-state index is -0.952. The van der Waals surface area contributed by atoms with Gasteiger partial charge in [0, 0.05) is 33.8 Å². The quantitative estimate of drug-likeness (QED) is 0.212. The summed E-state index contributed by atoms with van der Waals surface area (Å²) < 4.78 is 33.5. The number of rotatable bonds is 13. The van der Waals surface area contributed by atoms with Crippen LogP contribution in [0, 0.1) is 5.41 Å². The van der Waals surface area contributed by atoms with E-state index in [1.807, 2.05) is 12.1 Å². The number of hydrogen-bond donors (Lipinski definition) is 0. The molecular formula is C28H42O9. The zero-order chi connectivity index (χ0) is 27.4. The first-order chi connectivity index (χ1) is 17.4. The van der Waals surface area contributed by atoms with Gasteiger partial charge in [0.1, 0.15) is 18.5 Å². The van der Waals surface area contributed by atoms with Crippen LogP contribution in [0.2, 0.25) is 0 Å². The van der Waals surface area contributed by atoms with Crippen LogP contribution in [-0.4, -0.2) is 62.3 Å². The van der Waals surface area contributed by atoms with Gasteiger partial charge in [0.2, 0.25) is 0 Å². The normalized spacial score (nSPS) is 21.7. The van der Waals surface area contributed by atoms with Crippen molar-refractivity contribution >= 4 is 17.9 Å². The van der Waals surface area contributed by atoms with Gasteiger partial charge in [-0.2, -0.15) is 0 Å². The van der Waals surface area contributed by atoms with E-state index in [0.717, 1.165) is 31.4 Å². The molecule has 208 valence electrons. The number of aryl methyl sites for hydroxylation is 1.